The predicted octanol–water partition coefficient (Wildman–Crippen LogP) is 1.83. The van der Waals surface area contributed by atoms with Gasteiger partial charge in [0.25, 0.3) is 0 Å². The SMILES string of the molecule is [N-]=[N+]=NCc1cc(CC(=O)O)ccc1O. The number of nitrogens with zero attached hydrogens (tertiary/aromatic N) is 3. The number of azide groups is 1. The number of hydrogen-bond acceptors (Lipinski definition) is 3. The molecule has 0 atom stereocenters. The molecular weight excluding hydrogens is 198 g/mol. The molecule has 2 N–H and O–H groups in total. The van der Waals surface area contributed by atoms with Crippen LogP contribution < -0.4 is 0 Å². The molecule has 0 radical (unpaired) electrons. The first-order chi connectivity index (χ1) is 7.13. The average molecular weight is 207 g/mol. The van der Waals surface area contributed by atoms with Crippen LogP contribution in [0.3, 0.4) is 0 Å². The lowest BCUT2D eigenvalue weighted by atomic mass is 10.1. The number of carbonyl (C=O) groups is 1. The molecule has 0 bridgehead atoms. The highest BCUT2D eigenvalue weighted by atomic mass is 16.4. The van der Waals surface area contributed by atoms with E-state index in [2.05, 4.69) is 10.0 Å². The Kier molecular flexibility index (Phi) is 3.54. The third-order valence-electron chi connectivity index (χ3n) is 1.80. The van der Waals surface area contributed by atoms with Crippen LogP contribution in [0.4, 0.5) is 0 Å². The van der Waals surface area contributed by atoms with Gasteiger partial charge >= 0.3 is 5.97 Å². The summed E-state index contributed by atoms with van der Waals surface area (Å²) in [4.78, 5) is 13.0. The first-order valence-corrected chi connectivity index (χ1v) is 4.17. The van der Waals surface area contributed by atoms with Gasteiger partial charge in [-0.3, -0.25) is 4.79 Å². The fourth-order valence-electron chi connectivity index (χ4n) is 1.16. The zero-order valence-electron chi connectivity index (χ0n) is 7.79. The number of phenols is 1. The second-order valence-electron chi connectivity index (χ2n) is 2.92. The number of aromatic hydroxyl groups is 1. The van der Waals surface area contributed by atoms with Gasteiger partial charge in [-0.05, 0) is 22.7 Å². The van der Waals surface area contributed by atoms with E-state index in [1.807, 2.05) is 0 Å². The smallest absolute Gasteiger partial charge is 0.307 e. The number of carboxylic acids is 1. The minimum atomic E-state index is -0.949. The molecule has 0 amide bonds. The monoisotopic (exact) mass is 207 g/mol. The molecule has 0 spiro atoms. The van der Waals surface area contributed by atoms with Crippen molar-refractivity contribution in [3.05, 3.63) is 39.8 Å². The topological polar surface area (TPSA) is 106 Å². The van der Waals surface area contributed by atoms with Gasteiger partial charge in [0, 0.05) is 4.91 Å². The molecule has 0 fully saturated rings. The third-order valence-corrected chi connectivity index (χ3v) is 1.80. The van der Waals surface area contributed by atoms with Crippen LogP contribution in [0.15, 0.2) is 23.3 Å². The molecule has 15 heavy (non-hydrogen) atoms. The summed E-state index contributed by atoms with van der Waals surface area (Å²) in [6.07, 6.45) is -0.121. The van der Waals surface area contributed by atoms with Crippen LogP contribution in [0.25, 0.3) is 10.4 Å². The van der Waals surface area contributed by atoms with Crippen molar-refractivity contribution in [3.63, 3.8) is 0 Å². The summed E-state index contributed by atoms with van der Waals surface area (Å²) in [5.74, 6) is -0.952. The molecule has 6 heteroatoms. The molecule has 0 saturated carbocycles. The molecule has 0 aliphatic rings. The van der Waals surface area contributed by atoms with Gasteiger partial charge in [0.2, 0.25) is 0 Å². The predicted molar refractivity (Wildman–Crippen MR) is 52.3 cm³/mol. The zero-order chi connectivity index (χ0) is 11.3. The Morgan fingerprint density at radius 2 is 2.27 bits per heavy atom. The third kappa shape index (κ3) is 3.21. The number of aliphatic carboxylic acids is 1. The van der Waals surface area contributed by atoms with Gasteiger partial charge < -0.3 is 10.2 Å². The van der Waals surface area contributed by atoms with E-state index in [1.54, 1.807) is 0 Å². The van der Waals surface area contributed by atoms with E-state index in [0.29, 0.717) is 11.1 Å². The summed E-state index contributed by atoms with van der Waals surface area (Å²) >= 11 is 0. The minimum Gasteiger partial charge on any atom is -0.508 e. The average Bonchev–Trinajstić information content (AvgIpc) is 2.18. The highest BCUT2D eigenvalue weighted by Gasteiger charge is 2.04. The summed E-state index contributed by atoms with van der Waals surface area (Å²) in [6, 6.07) is 4.42. The highest BCUT2D eigenvalue weighted by Crippen LogP contribution is 2.19. The lowest BCUT2D eigenvalue weighted by Gasteiger charge is -2.03. The Bertz CT molecular complexity index is 425. The molecule has 0 aliphatic carbocycles. The Morgan fingerprint density at radius 3 is 2.87 bits per heavy atom. The maximum atomic E-state index is 10.4. The fourth-order valence-corrected chi connectivity index (χ4v) is 1.16. The van der Waals surface area contributed by atoms with E-state index in [9.17, 15) is 9.90 Å². The van der Waals surface area contributed by atoms with E-state index < -0.39 is 5.97 Å². The summed E-state index contributed by atoms with van der Waals surface area (Å²) < 4.78 is 0. The summed E-state index contributed by atoms with van der Waals surface area (Å²) in [7, 11) is 0. The van der Waals surface area contributed by atoms with Crippen LogP contribution in [-0.4, -0.2) is 16.2 Å². The van der Waals surface area contributed by atoms with E-state index in [1.165, 1.54) is 18.2 Å². The van der Waals surface area contributed by atoms with E-state index in [4.69, 9.17) is 10.6 Å². The van der Waals surface area contributed by atoms with E-state index in [-0.39, 0.29) is 18.7 Å². The van der Waals surface area contributed by atoms with Crippen LogP contribution >= 0.6 is 0 Å². The van der Waals surface area contributed by atoms with Crippen LogP contribution in [0.2, 0.25) is 0 Å². The van der Waals surface area contributed by atoms with Gasteiger partial charge in [-0.2, -0.15) is 0 Å². The van der Waals surface area contributed by atoms with Gasteiger partial charge in [-0.1, -0.05) is 17.2 Å². The zero-order valence-corrected chi connectivity index (χ0v) is 7.79. The fraction of sp³-hybridized carbons (Fsp3) is 0.222. The van der Waals surface area contributed by atoms with E-state index in [0.717, 1.165) is 0 Å². The van der Waals surface area contributed by atoms with Crippen molar-refractivity contribution in [2.45, 2.75) is 13.0 Å². The lowest BCUT2D eigenvalue weighted by molar-refractivity contribution is -0.136. The normalized spacial score (nSPS) is 9.33. The first kappa shape index (κ1) is 10.9. The molecule has 78 valence electrons. The van der Waals surface area contributed by atoms with Crippen molar-refractivity contribution >= 4 is 5.97 Å². The molecule has 0 saturated heterocycles. The Balaban J connectivity index is 2.93. The van der Waals surface area contributed by atoms with Crippen molar-refractivity contribution in [2.75, 3.05) is 0 Å². The Hall–Kier alpha value is -2.20. The molecule has 0 aromatic heterocycles. The van der Waals surface area contributed by atoms with Gasteiger partial charge in [-0.25, -0.2) is 0 Å². The van der Waals surface area contributed by atoms with E-state index >= 15 is 0 Å². The standard InChI is InChI=1S/C9H9N3O3/c10-12-11-5-7-3-6(4-9(14)15)1-2-8(7)13/h1-3,13H,4-5H2,(H,14,15). The maximum absolute atomic E-state index is 10.4. The summed E-state index contributed by atoms with van der Waals surface area (Å²) in [5.41, 5.74) is 9.10. The molecule has 6 nitrogen and oxygen atoms in total. The van der Waals surface area contributed by atoms with Gasteiger partial charge in [-0.15, -0.1) is 0 Å². The molecule has 1 aromatic rings. The number of benzene rings is 1. The molecule has 0 unspecified atom stereocenters. The summed E-state index contributed by atoms with van der Waals surface area (Å²) in [5, 5.41) is 21.2. The number of carboxylic acid groups (broad SMARTS) is 1. The van der Waals surface area contributed by atoms with Crippen molar-refractivity contribution in [1.29, 1.82) is 0 Å². The number of rotatable bonds is 4. The van der Waals surface area contributed by atoms with Gasteiger partial charge in [0.05, 0.1) is 13.0 Å². The van der Waals surface area contributed by atoms with Gasteiger partial charge in [0.15, 0.2) is 0 Å². The van der Waals surface area contributed by atoms with Crippen LogP contribution in [-0.2, 0) is 17.8 Å². The second kappa shape index (κ2) is 4.88. The number of hydrogen-bond donors (Lipinski definition) is 2. The van der Waals surface area contributed by atoms with Crippen molar-refractivity contribution < 1.29 is 15.0 Å². The van der Waals surface area contributed by atoms with Gasteiger partial charge in [0.1, 0.15) is 5.75 Å². The molecule has 1 rings (SSSR count). The van der Waals surface area contributed by atoms with Crippen molar-refractivity contribution in [3.8, 4) is 5.75 Å². The second-order valence-corrected chi connectivity index (χ2v) is 2.92. The van der Waals surface area contributed by atoms with Crippen LogP contribution in [0.5, 0.6) is 5.75 Å². The molecular formula is C9H9N3O3. The van der Waals surface area contributed by atoms with Crippen LogP contribution in [0, 0.1) is 0 Å². The van der Waals surface area contributed by atoms with Crippen molar-refractivity contribution in [2.24, 2.45) is 5.11 Å². The molecule has 0 aliphatic heterocycles. The molecule has 0 heterocycles. The maximum Gasteiger partial charge on any atom is 0.307 e. The van der Waals surface area contributed by atoms with Crippen molar-refractivity contribution in [1.82, 2.24) is 0 Å². The highest BCUT2D eigenvalue weighted by molar-refractivity contribution is 5.70. The first-order valence-electron chi connectivity index (χ1n) is 4.17. The Morgan fingerprint density at radius 1 is 1.53 bits per heavy atom. The Labute approximate surface area is 85.4 Å². The molecule has 1 aromatic carbocycles. The quantitative estimate of drug-likeness (QED) is 0.446. The lowest BCUT2D eigenvalue weighted by Crippen LogP contribution is -2.00. The largest absolute Gasteiger partial charge is 0.508 e. The number of phenolic OH excluding ortho intramolecular Hbond substituents is 1. The van der Waals surface area contributed by atoms with Crippen LogP contribution in [0.1, 0.15) is 11.1 Å². The minimum absolute atomic E-state index is 0.00320. The summed E-state index contributed by atoms with van der Waals surface area (Å²) in [6.45, 7) is 0.00971.